The van der Waals surface area contributed by atoms with Gasteiger partial charge >= 0.3 is 0 Å². The van der Waals surface area contributed by atoms with Gasteiger partial charge in [-0.15, -0.1) is 0 Å². The average molecular weight is 299 g/mol. The SMILES string of the molecule is CC(C)n1ncc(Br)c1C(O)C1C2CCCC21. The predicted octanol–water partition coefficient (Wildman–Crippen LogP) is 3.31. The molecule has 1 heterocycles. The Morgan fingerprint density at radius 1 is 1.41 bits per heavy atom. The Labute approximate surface area is 110 Å². The molecule has 0 saturated heterocycles. The molecule has 0 radical (unpaired) electrons. The van der Waals surface area contributed by atoms with E-state index in [0.29, 0.717) is 12.0 Å². The first-order valence-electron chi connectivity index (χ1n) is 6.52. The Balaban J connectivity index is 1.86. The monoisotopic (exact) mass is 298 g/mol. The minimum absolute atomic E-state index is 0.296. The van der Waals surface area contributed by atoms with E-state index in [0.717, 1.165) is 22.0 Å². The van der Waals surface area contributed by atoms with Crippen molar-refractivity contribution >= 4 is 15.9 Å². The maximum Gasteiger partial charge on any atom is 0.100 e. The summed E-state index contributed by atoms with van der Waals surface area (Å²) in [5.41, 5.74) is 0.972. The molecular weight excluding hydrogens is 280 g/mol. The minimum Gasteiger partial charge on any atom is -0.386 e. The second kappa shape index (κ2) is 4.09. The molecule has 3 atom stereocenters. The molecule has 0 spiro atoms. The molecule has 2 fully saturated rings. The topological polar surface area (TPSA) is 38.0 Å². The van der Waals surface area contributed by atoms with E-state index in [4.69, 9.17) is 0 Å². The smallest absolute Gasteiger partial charge is 0.100 e. The largest absolute Gasteiger partial charge is 0.386 e. The Kier molecular flexibility index (Phi) is 2.82. The van der Waals surface area contributed by atoms with Crippen LogP contribution in [0.5, 0.6) is 0 Å². The second-order valence-corrected chi connectivity index (χ2v) is 6.55. The number of hydrogen-bond acceptors (Lipinski definition) is 2. The molecule has 3 nitrogen and oxygen atoms in total. The van der Waals surface area contributed by atoms with E-state index in [1.54, 1.807) is 6.20 Å². The molecule has 0 amide bonds. The van der Waals surface area contributed by atoms with E-state index in [1.165, 1.54) is 19.3 Å². The van der Waals surface area contributed by atoms with Crippen molar-refractivity contribution < 1.29 is 5.11 Å². The Bertz CT molecular complexity index is 419. The third-order valence-electron chi connectivity index (χ3n) is 4.39. The van der Waals surface area contributed by atoms with Gasteiger partial charge in [-0.3, -0.25) is 4.68 Å². The molecule has 2 saturated carbocycles. The fraction of sp³-hybridized carbons (Fsp3) is 0.769. The van der Waals surface area contributed by atoms with E-state index in [9.17, 15) is 5.11 Å². The summed E-state index contributed by atoms with van der Waals surface area (Å²) in [4.78, 5) is 0. The van der Waals surface area contributed by atoms with Gasteiger partial charge in [0.25, 0.3) is 0 Å². The third-order valence-corrected chi connectivity index (χ3v) is 5.00. The summed E-state index contributed by atoms with van der Waals surface area (Å²) >= 11 is 3.52. The number of halogens is 1. The molecule has 0 bridgehead atoms. The van der Waals surface area contributed by atoms with E-state index in [2.05, 4.69) is 34.9 Å². The van der Waals surface area contributed by atoms with Crippen LogP contribution in [0, 0.1) is 17.8 Å². The number of rotatable bonds is 3. The van der Waals surface area contributed by atoms with Crippen molar-refractivity contribution in [1.82, 2.24) is 9.78 Å². The quantitative estimate of drug-likeness (QED) is 0.930. The maximum atomic E-state index is 10.6. The van der Waals surface area contributed by atoms with E-state index < -0.39 is 0 Å². The van der Waals surface area contributed by atoms with Crippen molar-refractivity contribution in [3.63, 3.8) is 0 Å². The van der Waals surface area contributed by atoms with Crippen LogP contribution in [0.3, 0.4) is 0 Å². The van der Waals surface area contributed by atoms with Crippen LogP contribution in [0.4, 0.5) is 0 Å². The highest BCUT2D eigenvalue weighted by Gasteiger charge is 2.56. The van der Waals surface area contributed by atoms with Gasteiger partial charge in [-0.1, -0.05) is 6.42 Å². The van der Waals surface area contributed by atoms with Crippen molar-refractivity contribution in [3.05, 3.63) is 16.4 Å². The van der Waals surface area contributed by atoms with Crippen molar-refractivity contribution in [3.8, 4) is 0 Å². The standard InChI is InChI=1S/C13H19BrN2O/c1-7(2)16-12(10(14)6-15-16)13(17)11-8-4-3-5-9(8)11/h6-9,11,13,17H,3-5H2,1-2H3. The summed E-state index contributed by atoms with van der Waals surface area (Å²) in [7, 11) is 0. The Morgan fingerprint density at radius 3 is 2.65 bits per heavy atom. The lowest BCUT2D eigenvalue weighted by Crippen LogP contribution is -2.14. The first-order chi connectivity index (χ1) is 8.11. The average Bonchev–Trinajstić information content (AvgIpc) is 2.65. The summed E-state index contributed by atoms with van der Waals surface area (Å²) < 4.78 is 2.90. The minimum atomic E-state index is -0.343. The maximum absolute atomic E-state index is 10.6. The molecular formula is C13H19BrN2O. The fourth-order valence-corrected chi connectivity index (χ4v) is 4.07. The first kappa shape index (κ1) is 11.7. The van der Waals surface area contributed by atoms with Crippen LogP contribution in [-0.4, -0.2) is 14.9 Å². The zero-order valence-electron chi connectivity index (χ0n) is 10.3. The van der Waals surface area contributed by atoms with Crippen molar-refractivity contribution in [2.75, 3.05) is 0 Å². The number of hydrogen-bond donors (Lipinski definition) is 1. The van der Waals surface area contributed by atoms with Gasteiger partial charge in [0, 0.05) is 6.04 Å². The van der Waals surface area contributed by atoms with Crippen molar-refractivity contribution in [2.24, 2.45) is 17.8 Å². The van der Waals surface area contributed by atoms with Crippen LogP contribution in [0.2, 0.25) is 0 Å². The van der Waals surface area contributed by atoms with Crippen molar-refractivity contribution in [2.45, 2.75) is 45.3 Å². The van der Waals surface area contributed by atoms with Crippen LogP contribution in [0.25, 0.3) is 0 Å². The summed E-state index contributed by atoms with van der Waals surface area (Å²) in [6.45, 7) is 4.20. The zero-order chi connectivity index (χ0) is 12.2. The highest BCUT2D eigenvalue weighted by molar-refractivity contribution is 9.10. The summed E-state index contributed by atoms with van der Waals surface area (Å²) in [6, 6.07) is 0.296. The highest BCUT2D eigenvalue weighted by atomic mass is 79.9. The van der Waals surface area contributed by atoms with Crippen molar-refractivity contribution in [1.29, 1.82) is 0 Å². The molecule has 1 aromatic heterocycles. The molecule has 1 aromatic rings. The predicted molar refractivity (Wildman–Crippen MR) is 69.6 cm³/mol. The number of aromatic nitrogens is 2. The number of nitrogens with zero attached hydrogens (tertiary/aromatic N) is 2. The molecule has 3 rings (SSSR count). The second-order valence-electron chi connectivity index (χ2n) is 5.70. The van der Waals surface area contributed by atoms with Crippen LogP contribution >= 0.6 is 15.9 Å². The van der Waals surface area contributed by atoms with Crippen LogP contribution in [0.15, 0.2) is 10.7 Å². The summed E-state index contributed by atoms with van der Waals surface area (Å²) in [6.07, 6.45) is 5.42. The van der Waals surface area contributed by atoms with Gasteiger partial charge in [-0.25, -0.2) is 0 Å². The molecule has 0 aromatic carbocycles. The van der Waals surface area contributed by atoms with Gasteiger partial charge in [0.05, 0.1) is 16.4 Å². The van der Waals surface area contributed by atoms with E-state index >= 15 is 0 Å². The van der Waals surface area contributed by atoms with Gasteiger partial charge in [0.1, 0.15) is 6.10 Å². The number of aliphatic hydroxyl groups is 1. The molecule has 2 aliphatic rings. The van der Waals surface area contributed by atoms with Crippen LogP contribution in [0.1, 0.15) is 50.9 Å². The Hall–Kier alpha value is -0.350. The highest BCUT2D eigenvalue weighted by Crippen LogP contribution is 2.62. The van der Waals surface area contributed by atoms with Gasteiger partial charge in [-0.05, 0) is 60.4 Å². The normalized spacial score (nSPS) is 32.9. The van der Waals surface area contributed by atoms with Gasteiger partial charge in [-0.2, -0.15) is 5.10 Å². The van der Waals surface area contributed by atoms with Crippen LogP contribution < -0.4 is 0 Å². The lowest BCUT2D eigenvalue weighted by molar-refractivity contribution is 0.124. The molecule has 17 heavy (non-hydrogen) atoms. The zero-order valence-corrected chi connectivity index (χ0v) is 11.9. The lowest BCUT2D eigenvalue weighted by atomic mass is 10.0. The molecule has 0 aliphatic heterocycles. The molecule has 1 N–H and O–H groups in total. The first-order valence-corrected chi connectivity index (χ1v) is 7.31. The number of fused-ring (bicyclic) bond motifs is 1. The van der Waals surface area contributed by atoms with Gasteiger partial charge in [0.15, 0.2) is 0 Å². The van der Waals surface area contributed by atoms with E-state index in [1.807, 2.05) is 4.68 Å². The Morgan fingerprint density at radius 2 is 2.06 bits per heavy atom. The molecule has 94 valence electrons. The summed E-state index contributed by atoms with van der Waals surface area (Å²) in [5, 5.41) is 14.9. The molecule has 4 heteroatoms. The number of aliphatic hydroxyl groups excluding tert-OH is 1. The fourth-order valence-electron chi connectivity index (χ4n) is 3.57. The van der Waals surface area contributed by atoms with Crippen LogP contribution in [-0.2, 0) is 0 Å². The summed E-state index contributed by atoms with van der Waals surface area (Å²) in [5.74, 6) is 2.02. The van der Waals surface area contributed by atoms with Gasteiger partial charge < -0.3 is 5.11 Å². The van der Waals surface area contributed by atoms with Gasteiger partial charge in [0.2, 0.25) is 0 Å². The van der Waals surface area contributed by atoms with E-state index in [-0.39, 0.29) is 6.10 Å². The lowest BCUT2D eigenvalue weighted by Gasteiger charge is -2.18. The molecule has 3 unspecified atom stereocenters. The third kappa shape index (κ3) is 1.76. The molecule has 2 aliphatic carbocycles.